The zero-order chi connectivity index (χ0) is 26.2. The van der Waals surface area contributed by atoms with Crippen LogP contribution in [-0.2, 0) is 31.3 Å². The van der Waals surface area contributed by atoms with Crippen molar-refractivity contribution >= 4 is 53.1 Å². The molecule has 0 saturated carbocycles. The van der Waals surface area contributed by atoms with Crippen LogP contribution in [0, 0.1) is 0 Å². The molecule has 200 valence electrons. The zero-order valence-corrected chi connectivity index (χ0v) is 23.2. The number of benzene rings is 1. The van der Waals surface area contributed by atoms with Crippen LogP contribution in [0.1, 0.15) is 4.88 Å². The lowest BCUT2D eigenvalue weighted by atomic mass is 10.2. The van der Waals surface area contributed by atoms with Gasteiger partial charge in [-0.15, -0.1) is 11.3 Å². The Morgan fingerprint density at radius 2 is 1.70 bits per heavy atom. The number of nitrogens with one attached hydrogen (secondary N) is 1. The summed E-state index contributed by atoms with van der Waals surface area (Å²) in [6.45, 7) is 5.74. The molecule has 4 heterocycles. The largest absolute Gasteiger partial charge is 0.378 e. The van der Waals surface area contributed by atoms with Gasteiger partial charge in [-0.25, -0.2) is 26.8 Å². The van der Waals surface area contributed by atoms with Gasteiger partial charge in [0.05, 0.1) is 35.9 Å². The van der Waals surface area contributed by atoms with E-state index >= 15 is 0 Å². The highest BCUT2D eigenvalue weighted by molar-refractivity contribution is 7.92. The highest BCUT2D eigenvalue weighted by atomic mass is 32.2. The van der Waals surface area contributed by atoms with Gasteiger partial charge in [0, 0.05) is 61.9 Å². The molecule has 0 bridgehead atoms. The molecule has 14 heteroatoms. The maximum absolute atomic E-state index is 11.8. The molecule has 37 heavy (non-hydrogen) atoms. The topological polar surface area (TPSA) is 125 Å². The third-order valence-electron chi connectivity index (χ3n) is 6.32. The summed E-state index contributed by atoms with van der Waals surface area (Å²) in [6, 6.07) is 9.15. The first kappa shape index (κ1) is 26.3. The number of nitrogens with zero attached hydrogens (tertiary/aromatic N) is 5. The van der Waals surface area contributed by atoms with Gasteiger partial charge in [0.25, 0.3) is 0 Å². The molecule has 3 aromatic rings. The maximum Gasteiger partial charge on any atom is 0.229 e. The summed E-state index contributed by atoms with van der Waals surface area (Å²) in [5, 5.41) is 0. The molecule has 2 fully saturated rings. The van der Waals surface area contributed by atoms with Crippen molar-refractivity contribution < 1.29 is 21.6 Å². The fourth-order valence-corrected chi connectivity index (χ4v) is 7.07. The number of piperazine rings is 1. The molecule has 0 amide bonds. The van der Waals surface area contributed by atoms with E-state index in [4.69, 9.17) is 14.7 Å². The summed E-state index contributed by atoms with van der Waals surface area (Å²) in [6.07, 6.45) is 2.37. The summed E-state index contributed by atoms with van der Waals surface area (Å²) >= 11 is 1.66. The number of hydrogen-bond acceptors (Lipinski definition) is 10. The molecule has 2 aliphatic heterocycles. The molecule has 2 aliphatic rings. The summed E-state index contributed by atoms with van der Waals surface area (Å²) < 4.78 is 57.7. The quantitative estimate of drug-likeness (QED) is 0.454. The first-order valence-corrected chi connectivity index (χ1v) is 16.5. The lowest BCUT2D eigenvalue weighted by Crippen LogP contribution is -2.47. The van der Waals surface area contributed by atoms with E-state index in [2.05, 4.69) is 20.6 Å². The molecule has 0 unspecified atom stereocenters. The molecular formula is C23H30N6O5S3. The number of morpholine rings is 1. The van der Waals surface area contributed by atoms with Crippen LogP contribution >= 0.6 is 11.3 Å². The fourth-order valence-electron chi connectivity index (χ4n) is 4.54. The van der Waals surface area contributed by atoms with Crippen LogP contribution in [0.2, 0.25) is 0 Å². The van der Waals surface area contributed by atoms with Gasteiger partial charge in [0.1, 0.15) is 0 Å². The van der Waals surface area contributed by atoms with Crippen molar-refractivity contribution in [3.63, 3.8) is 0 Å². The van der Waals surface area contributed by atoms with Crippen LogP contribution in [0.4, 0.5) is 11.5 Å². The highest BCUT2D eigenvalue weighted by Crippen LogP contribution is 2.35. The van der Waals surface area contributed by atoms with Crippen molar-refractivity contribution in [2.24, 2.45) is 0 Å². The molecule has 0 atom stereocenters. The van der Waals surface area contributed by atoms with E-state index in [1.165, 1.54) is 10.6 Å². The first-order chi connectivity index (χ1) is 17.5. The molecule has 11 nitrogen and oxygen atoms in total. The molecule has 2 saturated heterocycles. The van der Waals surface area contributed by atoms with Gasteiger partial charge in [-0.05, 0) is 18.2 Å². The van der Waals surface area contributed by atoms with Crippen LogP contribution in [0.5, 0.6) is 0 Å². The molecule has 0 spiro atoms. The SMILES string of the molecule is CS(=O)(=O)Nc1cccc(-c2nc(N3CCOCC3)c3sc(CN4CCN(S(C)(=O)=O)CC4)cc3n2)c1. The van der Waals surface area contributed by atoms with Gasteiger partial charge in [0.2, 0.25) is 20.0 Å². The van der Waals surface area contributed by atoms with Crippen molar-refractivity contribution in [3.8, 4) is 11.4 Å². The number of sulfonamides is 2. The molecule has 0 aliphatic carbocycles. The van der Waals surface area contributed by atoms with Crippen molar-refractivity contribution in [1.29, 1.82) is 0 Å². The Bertz CT molecular complexity index is 1490. The predicted molar refractivity (Wildman–Crippen MR) is 146 cm³/mol. The van der Waals surface area contributed by atoms with Crippen molar-refractivity contribution in [2.75, 3.05) is 74.6 Å². The van der Waals surface area contributed by atoms with Crippen molar-refractivity contribution in [2.45, 2.75) is 6.54 Å². The molecule has 2 aromatic heterocycles. The molecule has 5 rings (SSSR count). The molecule has 0 radical (unpaired) electrons. The van der Waals surface area contributed by atoms with Crippen LogP contribution in [-0.4, -0.2) is 101 Å². The van der Waals surface area contributed by atoms with Crippen LogP contribution in [0.15, 0.2) is 30.3 Å². The second-order valence-electron chi connectivity index (χ2n) is 9.29. The number of ether oxygens (including phenoxy) is 1. The second-order valence-corrected chi connectivity index (χ2v) is 14.2. The normalized spacial score (nSPS) is 18.4. The Hall–Kier alpha value is -2.36. The zero-order valence-electron chi connectivity index (χ0n) is 20.8. The Balaban J connectivity index is 1.47. The van der Waals surface area contributed by atoms with Gasteiger partial charge in [0.15, 0.2) is 11.6 Å². The Labute approximate surface area is 221 Å². The Morgan fingerprint density at radius 3 is 2.38 bits per heavy atom. The predicted octanol–water partition coefficient (Wildman–Crippen LogP) is 1.64. The number of aromatic nitrogens is 2. The van der Waals surface area contributed by atoms with Crippen LogP contribution in [0.25, 0.3) is 21.6 Å². The van der Waals surface area contributed by atoms with Crippen LogP contribution < -0.4 is 9.62 Å². The van der Waals surface area contributed by atoms with Gasteiger partial charge >= 0.3 is 0 Å². The number of thiophene rings is 1. The van der Waals surface area contributed by atoms with E-state index in [0.29, 0.717) is 57.4 Å². The molecular weight excluding hydrogens is 536 g/mol. The minimum absolute atomic E-state index is 0.455. The Morgan fingerprint density at radius 1 is 0.973 bits per heavy atom. The minimum atomic E-state index is -3.41. The monoisotopic (exact) mass is 566 g/mol. The number of fused-ring (bicyclic) bond motifs is 1. The lowest BCUT2D eigenvalue weighted by Gasteiger charge is -2.32. The summed E-state index contributed by atoms with van der Waals surface area (Å²) in [7, 11) is -6.58. The van der Waals surface area contributed by atoms with E-state index in [9.17, 15) is 16.8 Å². The van der Waals surface area contributed by atoms with Crippen LogP contribution in [0.3, 0.4) is 0 Å². The number of anilines is 2. The van der Waals surface area contributed by atoms with Gasteiger partial charge < -0.3 is 9.64 Å². The molecule has 1 N–H and O–H groups in total. The Kier molecular flexibility index (Phi) is 7.40. The van der Waals surface area contributed by atoms with E-state index in [-0.39, 0.29) is 0 Å². The van der Waals surface area contributed by atoms with Crippen molar-refractivity contribution in [3.05, 3.63) is 35.2 Å². The number of hydrogen-bond donors (Lipinski definition) is 1. The fraction of sp³-hybridized carbons (Fsp3) is 0.478. The summed E-state index contributed by atoms with van der Waals surface area (Å²) in [4.78, 5) is 15.4. The average molecular weight is 567 g/mol. The highest BCUT2D eigenvalue weighted by Gasteiger charge is 2.25. The standard InChI is InChI=1S/C23H30N6O5S3/c1-36(30,31)26-18-5-3-4-17(14-18)22-24-20-15-19(16-27-6-8-29(9-7-27)37(2,32)33)35-21(20)23(25-22)28-10-12-34-13-11-28/h3-5,14-15,26H,6-13,16H2,1-2H3. The first-order valence-electron chi connectivity index (χ1n) is 11.9. The van der Waals surface area contributed by atoms with E-state index in [1.54, 1.807) is 29.5 Å². The minimum Gasteiger partial charge on any atom is -0.378 e. The van der Waals surface area contributed by atoms with E-state index in [0.717, 1.165) is 45.8 Å². The number of rotatable bonds is 7. The smallest absolute Gasteiger partial charge is 0.229 e. The van der Waals surface area contributed by atoms with Gasteiger partial charge in [-0.1, -0.05) is 12.1 Å². The summed E-state index contributed by atoms with van der Waals surface area (Å²) in [5.41, 5.74) is 2.01. The second kappa shape index (κ2) is 10.4. The third kappa shape index (κ3) is 6.38. The third-order valence-corrected chi connectivity index (χ3v) is 9.33. The van der Waals surface area contributed by atoms with E-state index in [1.807, 2.05) is 6.07 Å². The summed E-state index contributed by atoms with van der Waals surface area (Å²) in [5.74, 6) is 1.38. The van der Waals surface area contributed by atoms with E-state index < -0.39 is 20.0 Å². The van der Waals surface area contributed by atoms with Gasteiger partial charge in [-0.3, -0.25) is 9.62 Å². The maximum atomic E-state index is 11.8. The lowest BCUT2D eigenvalue weighted by molar-refractivity contribution is 0.122. The van der Waals surface area contributed by atoms with Gasteiger partial charge in [-0.2, -0.15) is 4.31 Å². The van der Waals surface area contributed by atoms with Crippen molar-refractivity contribution in [1.82, 2.24) is 19.2 Å². The average Bonchev–Trinajstić information content (AvgIpc) is 3.25. The molecule has 1 aromatic carbocycles.